The van der Waals surface area contributed by atoms with Crippen LogP contribution in [0.15, 0.2) is 18.2 Å². The van der Waals surface area contributed by atoms with Crippen LogP contribution in [0.3, 0.4) is 0 Å². The number of phenols is 1. The zero-order valence-electron chi connectivity index (χ0n) is 8.87. The lowest BCUT2D eigenvalue weighted by molar-refractivity contribution is 0.370. The predicted octanol–water partition coefficient (Wildman–Crippen LogP) is 1.98. The monoisotopic (exact) mass is 195 g/mol. The fourth-order valence-electron chi connectivity index (χ4n) is 1.24. The number of hydrogen-bond acceptors (Lipinski definition) is 3. The Morgan fingerprint density at radius 3 is 2.64 bits per heavy atom. The van der Waals surface area contributed by atoms with Gasteiger partial charge in [0.05, 0.1) is 7.11 Å². The summed E-state index contributed by atoms with van der Waals surface area (Å²) < 4.78 is 5.02. The third-order valence-electron chi connectivity index (χ3n) is 2.57. The van der Waals surface area contributed by atoms with Crippen LogP contribution in [0, 0.1) is 0 Å². The molecule has 1 aromatic carbocycles. The van der Waals surface area contributed by atoms with Crippen molar-refractivity contribution in [3.63, 3.8) is 0 Å². The number of nitrogens with two attached hydrogens (primary N) is 1. The molecule has 0 heterocycles. The smallest absolute Gasteiger partial charge is 0.160 e. The molecule has 78 valence electrons. The Morgan fingerprint density at radius 2 is 2.14 bits per heavy atom. The van der Waals surface area contributed by atoms with Crippen molar-refractivity contribution in [3.05, 3.63) is 23.8 Å². The van der Waals surface area contributed by atoms with Gasteiger partial charge in [0, 0.05) is 5.54 Å². The zero-order valence-corrected chi connectivity index (χ0v) is 8.87. The Bertz CT molecular complexity index is 321. The van der Waals surface area contributed by atoms with Crippen molar-refractivity contribution in [2.45, 2.75) is 25.8 Å². The van der Waals surface area contributed by atoms with Crippen molar-refractivity contribution in [2.24, 2.45) is 5.73 Å². The normalized spacial score (nSPS) is 14.9. The summed E-state index contributed by atoms with van der Waals surface area (Å²) in [5.41, 5.74) is 6.67. The molecule has 3 heteroatoms. The molecule has 14 heavy (non-hydrogen) atoms. The van der Waals surface area contributed by atoms with Crippen molar-refractivity contribution in [1.82, 2.24) is 0 Å². The molecule has 0 aromatic heterocycles. The van der Waals surface area contributed by atoms with E-state index in [-0.39, 0.29) is 11.3 Å². The van der Waals surface area contributed by atoms with Crippen LogP contribution >= 0.6 is 0 Å². The largest absolute Gasteiger partial charge is 0.504 e. The summed E-state index contributed by atoms with van der Waals surface area (Å²) in [7, 11) is 1.53. The lowest BCUT2D eigenvalue weighted by atomic mass is 9.90. The number of benzene rings is 1. The molecule has 3 nitrogen and oxygen atoms in total. The second-order valence-corrected chi connectivity index (χ2v) is 3.66. The van der Waals surface area contributed by atoms with Crippen molar-refractivity contribution >= 4 is 0 Å². The maximum Gasteiger partial charge on any atom is 0.160 e. The molecule has 0 amide bonds. The fourth-order valence-corrected chi connectivity index (χ4v) is 1.24. The highest BCUT2D eigenvalue weighted by molar-refractivity contribution is 5.43. The van der Waals surface area contributed by atoms with Gasteiger partial charge in [0.1, 0.15) is 0 Å². The molecule has 0 saturated carbocycles. The van der Waals surface area contributed by atoms with Crippen LogP contribution in [0.4, 0.5) is 0 Å². The van der Waals surface area contributed by atoms with Crippen LogP contribution in [0.5, 0.6) is 11.5 Å². The second kappa shape index (κ2) is 3.88. The Hall–Kier alpha value is -1.22. The van der Waals surface area contributed by atoms with Crippen molar-refractivity contribution in [2.75, 3.05) is 7.11 Å². The molecule has 0 saturated heterocycles. The number of phenolic OH excluding ortho intramolecular Hbond substituents is 1. The van der Waals surface area contributed by atoms with Gasteiger partial charge in [0.15, 0.2) is 11.5 Å². The van der Waals surface area contributed by atoms with Crippen LogP contribution in [0.25, 0.3) is 0 Å². The number of methoxy groups -OCH3 is 1. The van der Waals surface area contributed by atoms with Gasteiger partial charge in [-0.05, 0) is 31.0 Å². The van der Waals surface area contributed by atoms with Crippen LogP contribution in [-0.4, -0.2) is 12.2 Å². The third-order valence-corrected chi connectivity index (χ3v) is 2.57. The summed E-state index contributed by atoms with van der Waals surface area (Å²) in [5, 5.41) is 9.41. The highest BCUT2D eigenvalue weighted by Crippen LogP contribution is 2.31. The molecule has 1 atom stereocenters. The van der Waals surface area contributed by atoms with E-state index < -0.39 is 0 Å². The number of aromatic hydroxyl groups is 1. The predicted molar refractivity (Wildman–Crippen MR) is 56.5 cm³/mol. The van der Waals surface area contributed by atoms with Crippen LogP contribution < -0.4 is 10.5 Å². The molecule has 1 unspecified atom stereocenters. The van der Waals surface area contributed by atoms with E-state index in [0.29, 0.717) is 5.75 Å². The lowest BCUT2D eigenvalue weighted by Gasteiger charge is -2.23. The highest BCUT2D eigenvalue weighted by Gasteiger charge is 2.19. The molecule has 0 radical (unpaired) electrons. The molecule has 3 N–H and O–H groups in total. The van der Waals surface area contributed by atoms with E-state index in [1.54, 1.807) is 12.1 Å². The molecule has 0 aliphatic carbocycles. The number of hydrogen-bond donors (Lipinski definition) is 2. The molecule has 0 bridgehead atoms. The van der Waals surface area contributed by atoms with E-state index >= 15 is 0 Å². The molecular formula is C11H17NO2. The summed E-state index contributed by atoms with van der Waals surface area (Å²) in [4.78, 5) is 0. The molecule has 0 spiro atoms. The van der Waals surface area contributed by atoms with Gasteiger partial charge in [-0.1, -0.05) is 13.0 Å². The molecule has 1 rings (SSSR count). The van der Waals surface area contributed by atoms with Gasteiger partial charge in [-0.3, -0.25) is 0 Å². The van der Waals surface area contributed by atoms with Crippen molar-refractivity contribution in [3.8, 4) is 11.5 Å². The third kappa shape index (κ3) is 1.99. The van der Waals surface area contributed by atoms with Crippen LogP contribution in [0.2, 0.25) is 0 Å². The van der Waals surface area contributed by atoms with Gasteiger partial charge in [-0.2, -0.15) is 0 Å². The average Bonchev–Trinajstić information content (AvgIpc) is 2.18. The first-order valence-corrected chi connectivity index (χ1v) is 4.67. The molecule has 1 aromatic rings. The summed E-state index contributed by atoms with van der Waals surface area (Å²) in [6, 6.07) is 5.20. The van der Waals surface area contributed by atoms with Crippen LogP contribution in [0.1, 0.15) is 25.8 Å². The van der Waals surface area contributed by atoms with Crippen molar-refractivity contribution < 1.29 is 9.84 Å². The Labute approximate surface area is 84.5 Å². The van der Waals surface area contributed by atoms with E-state index in [1.165, 1.54) is 7.11 Å². The van der Waals surface area contributed by atoms with E-state index in [2.05, 4.69) is 0 Å². The van der Waals surface area contributed by atoms with Gasteiger partial charge in [0.25, 0.3) is 0 Å². The highest BCUT2D eigenvalue weighted by atomic mass is 16.5. The van der Waals surface area contributed by atoms with Gasteiger partial charge < -0.3 is 15.6 Å². The van der Waals surface area contributed by atoms with Gasteiger partial charge in [-0.15, -0.1) is 0 Å². The number of ether oxygens (including phenoxy) is 1. The first-order chi connectivity index (χ1) is 6.51. The minimum atomic E-state index is -0.374. The second-order valence-electron chi connectivity index (χ2n) is 3.66. The lowest BCUT2D eigenvalue weighted by Crippen LogP contribution is -2.31. The summed E-state index contributed by atoms with van der Waals surface area (Å²) in [6.45, 7) is 3.98. The summed E-state index contributed by atoms with van der Waals surface area (Å²) in [5.74, 6) is 0.607. The van der Waals surface area contributed by atoms with E-state index in [0.717, 1.165) is 12.0 Å². The first kappa shape index (κ1) is 10.9. The molecule has 0 aliphatic rings. The topological polar surface area (TPSA) is 55.5 Å². The number of rotatable bonds is 3. The molecule has 0 fully saturated rings. The van der Waals surface area contributed by atoms with Gasteiger partial charge >= 0.3 is 0 Å². The van der Waals surface area contributed by atoms with Crippen molar-refractivity contribution in [1.29, 1.82) is 0 Å². The zero-order chi connectivity index (χ0) is 10.8. The average molecular weight is 195 g/mol. The Balaban J connectivity index is 3.12. The maximum absolute atomic E-state index is 9.41. The SMILES string of the molecule is CCC(C)(N)c1ccc(O)c(OC)c1. The van der Waals surface area contributed by atoms with Gasteiger partial charge in [0.2, 0.25) is 0 Å². The van der Waals surface area contributed by atoms with E-state index in [4.69, 9.17) is 10.5 Å². The van der Waals surface area contributed by atoms with Gasteiger partial charge in [-0.25, -0.2) is 0 Å². The standard InChI is InChI=1S/C11H17NO2/c1-4-11(2,12)8-5-6-9(13)10(7-8)14-3/h5-7,13H,4,12H2,1-3H3. The van der Waals surface area contributed by atoms with Crippen LogP contribution in [-0.2, 0) is 5.54 Å². The Kier molecular flexibility index (Phi) is 3.01. The van der Waals surface area contributed by atoms with E-state index in [9.17, 15) is 5.11 Å². The van der Waals surface area contributed by atoms with E-state index in [1.807, 2.05) is 19.9 Å². The quantitative estimate of drug-likeness (QED) is 0.775. The molecule has 0 aliphatic heterocycles. The minimum Gasteiger partial charge on any atom is -0.504 e. The Morgan fingerprint density at radius 1 is 1.50 bits per heavy atom. The molecular weight excluding hydrogens is 178 g/mol. The summed E-state index contributed by atoms with van der Waals surface area (Å²) in [6.07, 6.45) is 0.834. The maximum atomic E-state index is 9.41. The fraction of sp³-hybridized carbons (Fsp3) is 0.455. The first-order valence-electron chi connectivity index (χ1n) is 4.67. The summed E-state index contributed by atoms with van der Waals surface area (Å²) >= 11 is 0. The minimum absolute atomic E-state index is 0.142.